The van der Waals surface area contributed by atoms with Crippen LogP contribution in [0.1, 0.15) is 15.9 Å². The van der Waals surface area contributed by atoms with Crippen LogP contribution in [-0.2, 0) is 0 Å². The van der Waals surface area contributed by atoms with E-state index in [0.29, 0.717) is 10.2 Å². The van der Waals surface area contributed by atoms with E-state index in [0.717, 1.165) is 5.56 Å². The van der Waals surface area contributed by atoms with Crippen LogP contribution >= 0.6 is 15.9 Å². The normalized spacial score (nSPS) is 10.1. The molecule has 0 unspecified atom stereocenters. The van der Waals surface area contributed by atoms with Gasteiger partial charge in [0.15, 0.2) is 0 Å². The summed E-state index contributed by atoms with van der Waals surface area (Å²) < 4.78 is 5.88. The van der Waals surface area contributed by atoms with Crippen LogP contribution in [0, 0.1) is 6.92 Å². The number of ether oxygens (including phenoxy) is 1. The highest BCUT2D eigenvalue weighted by Gasteiger charge is 2.13. The van der Waals surface area contributed by atoms with Gasteiger partial charge in [0.1, 0.15) is 17.1 Å². The lowest BCUT2D eigenvalue weighted by atomic mass is 10.2. The highest BCUT2D eigenvalue weighted by molar-refractivity contribution is 9.10. The molecule has 0 saturated carbocycles. The monoisotopic (exact) mass is 306 g/mol. The number of aromatic hydroxyl groups is 1. The average Bonchev–Trinajstić information content (AvgIpc) is 2.35. The summed E-state index contributed by atoms with van der Waals surface area (Å²) in [5, 5.41) is 9.61. The summed E-state index contributed by atoms with van der Waals surface area (Å²) >= 11 is 3.24. The van der Waals surface area contributed by atoms with Crippen molar-refractivity contribution in [2.24, 2.45) is 0 Å². The van der Waals surface area contributed by atoms with Gasteiger partial charge in [0, 0.05) is 4.47 Å². The Hall–Kier alpha value is -1.81. The number of esters is 1. The Morgan fingerprint density at radius 3 is 2.50 bits per heavy atom. The van der Waals surface area contributed by atoms with Crippen molar-refractivity contribution >= 4 is 21.9 Å². The Morgan fingerprint density at radius 1 is 1.17 bits per heavy atom. The Kier molecular flexibility index (Phi) is 3.67. The molecule has 0 bridgehead atoms. The fourth-order valence-electron chi connectivity index (χ4n) is 1.44. The summed E-state index contributed by atoms with van der Waals surface area (Å²) in [6, 6.07) is 11.7. The molecule has 0 atom stereocenters. The topological polar surface area (TPSA) is 46.5 Å². The van der Waals surface area contributed by atoms with Gasteiger partial charge in [-0.3, -0.25) is 0 Å². The predicted octanol–water partition coefficient (Wildman–Crippen LogP) is 3.68. The van der Waals surface area contributed by atoms with E-state index in [1.165, 1.54) is 12.1 Å². The summed E-state index contributed by atoms with van der Waals surface area (Å²) in [5.41, 5.74) is 1.21. The second-order valence-electron chi connectivity index (χ2n) is 3.86. The maximum atomic E-state index is 11.9. The van der Waals surface area contributed by atoms with Gasteiger partial charge < -0.3 is 9.84 Å². The van der Waals surface area contributed by atoms with Crippen molar-refractivity contribution in [1.82, 2.24) is 0 Å². The minimum Gasteiger partial charge on any atom is -0.507 e. The summed E-state index contributed by atoms with van der Waals surface area (Å²) in [7, 11) is 0. The SMILES string of the molecule is Cc1ccc(OC(=O)c2cc(Br)ccc2O)cc1. The molecule has 2 rings (SSSR count). The summed E-state index contributed by atoms with van der Waals surface area (Å²) in [5.74, 6) is -0.238. The molecule has 2 aromatic carbocycles. The largest absolute Gasteiger partial charge is 0.507 e. The Balaban J connectivity index is 2.21. The zero-order chi connectivity index (χ0) is 13.1. The van der Waals surface area contributed by atoms with E-state index in [1.54, 1.807) is 18.2 Å². The molecular formula is C14H11BrO3. The molecule has 0 saturated heterocycles. The lowest BCUT2D eigenvalue weighted by Crippen LogP contribution is -2.08. The first-order valence-corrected chi connectivity index (χ1v) is 6.13. The van der Waals surface area contributed by atoms with Crippen molar-refractivity contribution in [1.29, 1.82) is 0 Å². The van der Waals surface area contributed by atoms with Gasteiger partial charge in [-0.25, -0.2) is 4.79 Å². The number of carbonyl (C=O) groups is 1. The second kappa shape index (κ2) is 5.23. The molecule has 0 aromatic heterocycles. The first-order valence-electron chi connectivity index (χ1n) is 5.33. The van der Waals surface area contributed by atoms with Crippen LogP contribution in [0.15, 0.2) is 46.9 Å². The molecule has 1 N–H and O–H groups in total. The third-order valence-corrected chi connectivity index (χ3v) is 2.90. The molecule has 0 aliphatic heterocycles. The standard InChI is InChI=1S/C14H11BrO3/c1-9-2-5-11(6-3-9)18-14(17)12-8-10(15)4-7-13(12)16/h2-8,16H,1H3. The molecule has 3 nitrogen and oxygen atoms in total. The highest BCUT2D eigenvalue weighted by Crippen LogP contribution is 2.23. The van der Waals surface area contributed by atoms with Crippen molar-refractivity contribution in [3.05, 3.63) is 58.1 Å². The molecule has 92 valence electrons. The molecule has 0 amide bonds. The van der Waals surface area contributed by atoms with Crippen LogP contribution in [0.3, 0.4) is 0 Å². The van der Waals surface area contributed by atoms with Crippen LogP contribution in [0.4, 0.5) is 0 Å². The van der Waals surface area contributed by atoms with E-state index in [-0.39, 0.29) is 11.3 Å². The van der Waals surface area contributed by atoms with Gasteiger partial charge in [-0.15, -0.1) is 0 Å². The first-order chi connectivity index (χ1) is 8.56. The van der Waals surface area contributed by atoms with Crippen LogP contribution < -0.4 is 4.74 Å². The van der Waals surface area contributed by atoms with Crippen LogP contribution in [-0.4, -0.2) is 11.1 Å². The second-order valence-corrected chi connectivity index (χ2v) is 4.78. The van der Waals surface area contributed by atoms with Gasteiger partial charge in [-0.2, -0.15) is 0 Å². The fourth-order valence-corrected chi connectivity index (χ4v) is 1.80. The van der Waals surface area contributed by atoms with Crippen molar-refractivity contribution in [2.45, 2.75) is 6.92 Å². The first kappa shape index (κ1) is 12.6. The number of hydrogen-bond acceptors (Lipinski definition) is 3. The number of hydrogen-bond donors (Lipinski definition) is 1. The minimum absolute atomic E-state index is 0.102. The minimum atomic E-state index is -0.586. The summed E-state index contributed by atoms with van der Waals surface area (Å²) in [4.78, 5) is 11.9. The smallest absolute Gasteiger partial charge is 0.347 e. The maximum Gasteiger partial charge on any atom is 0.347 e. The predicted molar refractivity (Wildman–Crippen MR) is 71.9 cm³/mol. The Morgan fingerprint density at radius 2 is 1.83 bits per heavy atom. The van der Waals surface area contributed by atoms with Crippen molar-refractivity contribution in [3.8, 4) is 11.5 Å². The maximum absolute atomic E-state index is 11.9. The zero-order valence-corrected chi connectivity index (χ0v) is 11.3. The molecule has 0 spiro atoms. The number of phenolic OH excluding ortho intramolecular Hbond substituents is 1. The molecule has 0 heterocycles. The van der Waals surface area contributed by atoms with E-state index in [4.69, 9.17) is 4.74 Å². The molecule has 4 heteroatoms. The third-order valence-electron chi connectivity index (χ3n) is 2.41. The number of aryl methyl sites for hydroxylation is 1. The number of phenols is 1. The van der Waals surface area contributed by atoms with Gasteiger partial charge in [0.05, 0.1) is 0 Å². The highest BCUT2D eigenvalue weighted by atomic mass is 79.9. The van der Waals surface area contributed by atoms with Crippen molar-refractivity contribution < 1.29 is 14.6 Å². The van der Waals surface area contributed by atoms with Crippen LogP contribution in [0.5, 0.6) is 11.5 Å². The lowest BCUT2D eigenvalue weighted by Gasteiger charge is -2.06. The summed E-state index contributed by atoms with van der Waals surface area (Å²) in [6.45, 7) is 1.95. The molecule has 0 aliphatic rings. The quantitative estimate of drug-likeness (QED) is 0.680. The lowest BCUT2D eigenvalue weighted by molar-refractivity contribution is 0.0731. The number of halogens is 1. The van der Waals surface area contributed by atoms with E-state index in [2.05, 4.69) is 15.9 Å². The molecular weight excluding hydrogens is 296 g/mol. The van der Waals surface area contributed by atoms with E-state index in [9.17, 15) is 9.90 Å². The van der Waals surface area contributed by atoms with E-state index < -0.39 is 5.97 Å². The Bertz CT molecular complexity index is 576. The third kappa shape index (κ3) is 2.90. The van der Waals surface area contributed by atoms with Crippen molar-refractivity contribution in [2.75, 3.05) is 0 Å². The van der Waals surface area contributed by atoms with E-state index in [1.807, 2.05) is 19.1 Å². The molecule has 0 fully saturated rings. The summed E-state index contributed by atoms with van der Waals surface area (Å²) in [6.07, 6.45) is 0. The fraction of sp³-hybridized carbons (Fsp3) is 0.0714. The van der Waals surface area contributed by atoms with Gasteiger partial charge in [0.25, 0.3) is 0 Å². The Labute approximate surface area is 113 Å². The van der Waals surface area contributed by atoms with Gasteiger partial charge >= 0.3 is 5.97 Å². The van der Waals surface area contributed by atoms with E-state index >= 15 is 0 Å². The number of carbonyl (C=O) groups excluding carboxylic acids is 1. The zero-order valence-electron chi connectivity index (χ0n) is 9.68. The number of rotatable bonds is 2. The number of benzene rings is 2. The molecule has 0 radical (unpaired) electrons. The van der Waals surface area contributed by atoms with Crippen molar-refractivity contribution in [3.63, 3.8) is 0 Å². The molecule has 2 aromatic rings. The van der Waals surface area contributed by atoms with Crippen LogP contribution in [0.25, 0.3) is 0 Å². The van der Waals surface area contributed by atoms with Gasteiger partial charge in [-0.05, 0) is 37.3 Å². The molecule has 0 aliphatic carbocycles. The molecule has 18 heavy (non-hydrogen) atoms. The average molecular weight is 307 g/mol. The van der Waals surface area contributed by atoms with Gasteiger partial charge in [0.2, 0.25) is 0 Å². The van der Waals surface area contributed by atoms with Gasteiger partial charge in [-0.1, -0.05) is 33.6 Å². The van der Waals surface area contributed by atoms with Crippen LogP contribution in [0.2, 0.25) is 0 Å².